The molecule has 0 aliphatic carbocycles. The first kappa shape index (κ1) is 14.0. The molecule has 0 radical (unpaired) electrons. The second-order valence-electron chi connectivity index (χ2n) is 3.30. The molecule has 0 unspecified atom stereocenters. The van der Waals surface area contributed by atoms with Crippen LogP contribution in [0.1, 0.15) is 10.4 Å². The SMILES string of the molecule is CNS(=O)(=O)CCNC(=O)c1ccccc1S. The van der Waals surface area contributed by atoms with Crippen molar-refractivity contribution in [3.05, 3.63) is 29.8 Å². The van der Waals surface area contributed by atoms with Crippen LogP contribution in [0.25, 0.3) is 0 Å². The lowest BCUT2D eigenvalue weighted by Gasteiger charge is -2.07. The van der Waals surface area contributed by atoms with E-state index >= 15 is 0 Å². The molecule has 0 atom stereocenters. The van der Waals surface area contributed by atoms with E-state index < -0.39 is 10.0 Å². The highest BCUT2D eigenvalue weighted by molar-refractivity contribution is 7.89. The van der Waals surface area contributed by atoms with E-state index in [2.05, 4.69) is 22.7 Å². The lowest BCUT2D eigenvalue weighted by atomic mass is 10.2. The Kier molecular flexibility index (Phi) is 4.98. The first-order chi connectivity index (χ1) is 7.96. The van der Waals surface area contributed by atoms with Crippen LogP contribution >= 0.6 is 12.6 Å². The molecule has 7 heteroatoms. The number of hydrogen-bond donors (Lipinski definition) is 3. The second kappa shape index (κ2) is 6.04. The quantitative estimate of drug-likeness (QED) is 0.674. The maximum atomic E-state index is 11.7. The van der Waals surface area contributed by atoms with E-state index in [1.165, 1.54) is 7.05 Å². The maximum absolute atomic E-state index is 11.7. The molecule has 1 amide bonds. The molecular weight excluding hydrogens is 260 g/mol. The number of rotatable bonds is 5. The van der Waals surface area contributed by atoms with Gasteiger partial charge in [0.2, 0.25) is 10.0 Å². The first-order valence-electron chi connectivity index (χ1n) is 4.93. The fourth-order valence-corrected chi connectivity index (χ4v) is 2.00. The third-order valence-corrected chi connectivity index (χ3v) is 3.87. The number of carbonyl (C=O) groups is 1. The van der Waals surface area contributed by atoms with Crippen LogP contribution in [0.4, 0.5) is 0 Å². The molecule has 94 valence electrons. The summed E-state index contributed by atoms with van der Waals surface area (Å²) in [4.78, 5) is 12.2. The molecule has 1 rings (SSSR count). The van der Waals surface area contributed by atoms with Crippen molar-refractivity contribution in [2.45, 2.75) is 4.90 Å². The van der Waals surface area contributed by atoms with Crippen LogP contribution in [0.2, 0.25) is 0 Å². The molecule has 0 saturated heterocycles. The highest BCUT2D eigenvalue weighted by Gasteiger charge is 2.10. The van der Waals surface area contributed by atoms with Gasteiger partial charge in [-0.1, -0.05) is 12.1 Å². The molecule has 17 heavy (non-hydrogen) atoms. The molecule has 5 nitrogen and oxygen atoms in total. The topological polar surface area (TPSA) is 75.3 Å². The fourth-order valence-electron chi connectivity index (χ4n) is 1.16. The van der Waals surface area contributed by atoms with Crippen molar-refractivity contribution in [2.24, 2.45) is 0 Å². The van der Waals surface area contributed by atoms with Crippen molar-refractivity contribution < 1.29 is 13.2 Å². The van der Waals surface area contributed by atoms with Gasteiger partial charge in [0.15, 0.2) is 0 Å². The number of amides is 1. The normalized spacial score (nSPS) is 11.2. The van der Waals surface area contributed by atoms with Crippen LogP contribution < -0.4 is 10.0 Å². The molecule has 0 fully saturated rings. The van der Waals surface area contributed by atoms with Gasteiger partial charge in [-0.05, 0) is 19.2 Å². The van der Waals surface area contributed by atoms with Crippen LogP contribution in [-0.4, -0.2) is 33.7 Å². The van der Waals surface area contributed by atoms with Gasteiger partial charge in [-0.3, -0.25) is 4.79 Å². The Bertz CT molecular complexity index is 500. The minimum absolute atomic E-state index is 0.0596. The summed E-state index contributed by atoms with van der Waals surface area (Å²) in [6.07, 6.45) is 0. The van der Waals surface area contributed by atoms with E-state index in [1.807, 2.05) is 0 Å². The summed E-state index contributed by atoms with van der Waals surface area (Å²) in [6, 6.07) is 6.82. The maximum Gasteiger partial charge on any atom is 0.252 e. The highest BCUT2D eigenvalue weighted by Crippen LogP contribution is 2.12. The third-order valence-electron chi connectivity index (χ3n) is 2.12. The van der Waals surface area contributed by atoms with Crippen LogP contribution in [0, 0.1) is 0 Å². The van der Waals surface area contributed by atoms with Gasteiger partial charge in [0.05, 0.1) is 11.3 Å². The van der Waals surface area contributed by atoms with Gasteiger partial charge in [-0.25, -0.2) is 13.1 Å². The summed E-state index contributed by atoms with van der Waals surface area (Å²) in [5, 5.41) is 2.52. The summed E-state index contributed by atoms with van der Waals surface area (Å²) < 4.78 is 24.4. The van der Waals surface area contributed by atoms with Crippen molar-refractivity contribution >= 4 is 28.6 Å². The molecule has 0 heterocycles. The van der Waals surface area contributed by atoms with Crippen molar-refractivity contribution in [2.75, 3.05) is 19.3 Å². The molecule has 0 aromatic heterocycles. The largest absolute Gasteiger partial charge is 0.351 e. The monoisotopic (exact) mass is 274 g/mol. The van der Waals surface area contributed by atoms with Crippen molar-refractivity contribution in [1.29, 1.82) is 0 Å². The van der Waals surface area contributed by atoms with Gasteiger partial charge in [0, 0.05) is 11.4 Å². The van der Waals surface area contributed by atoms with Crippen LogP contribution in [0.3, 0.4) is 0 Å². The number of hydrogen-bond acceptors (Lipinski definition) is 4. The van der Waals surface area contributed by atoms with Gasteiger partial charge in [-0.2, -0.15) is 0 Å². The minimum Gasteiger partial charge on any atom is -0.351 e. The first-order valence-corrected chi connectivity index (χ1v) is 7.03. The predicted octanol–water partition coefficient (Wildman–Crippen LogP) is 0.254. The van der Waals surface area contributed by atoms with Crippen LogP contribution in [0.15, 0.2) is 29.2 Å². The number of thiol groups is 1. The number of nitrogens with one attached hydrogen (secondary N) is 2. The van der Waals surface area contributed by atoms with Gasteiger partial charge >= 0.3 is 0 Å². The Morgan fingerprint density at radius 2 is 2.00 bits per heavy atom. The summed E-state index contributed by atoms with van der Waals surface area (Å²) in [6.45, 7) is 0.0596. The van der Waals surface area contributed by atoms with Crippen molar-refractivity contribution in [3.8, 4) is 0 Å². The highest BCUT2D eigenvalue weighted by atomic mass is 32.2. The van der Waals surface area contributed by atoms with E-state index in [1.54, 1.807) is 24.3 Å². The number of sulfonamides is 1. The fraction of sp³-hybridized carbons (Fsp3) is 0.300. The van der Waals surface area contributed by atoms with Crippen LogP contribution in [0.5, 0.6) is 0 Å². The lowest BCUT2D eigenvalue weighted by Crippen LogP contribution is -2.33. The van der Waals surface area contributed by atoms with Crippen molar-refractivity contribution in [1.82, 2.24) is 10.0 Å². The molecule has 0 saturated carbocycles. The standard InChI is InChI=1S/C10H14N2O3S2/c1-11-17(14,15)7-6-12-10(13)8-4-2-3-5-9(8)16/h2-5,11,16H,6-7H2,1H3,(H,12,13). The van der Waals surface area contributed by atoms with Crippen molar-refractivity contribution in [3.63, 3.8) is 0 Å². The second-order valence-corrected chi connectivity index (χ2v) is 5.82. The molecule has 0 spiro atoms. The average molecular weight is 274 g/mol. The zero-order chi connectivity index (χ0) is 12.9. The Morgan fingerprint density at radius 3 is 2.59 bits per heavy atom. The lowest BCUT2D eigenvalue weighted by molar-refractivity contribution is 0.0953. The Hall–Kier alpha value is -1.05. The van der Waals surface area contributed by atoms with E-state index in [-0.39, 0.29) is 18.2 Å². The third kappa shape index (κ3) is 4.37. The number of carbonyl (C=O) groups excluding carboxylic acids is 1. The van der Waals surface area contributed by atoms with E-state index in [4.69, 9.17) is 0 Å². The molecule has 0 bridgehead atoms. The summed E-state index contributed by atoms with van der Waals surface area (Å²) >= 11 is 4.14. The number of benzene rings is 1. The average Bonchev–Trinajstić information content (AvgIpc) is 2.29. The Morgan fingerprint density at radius 1 is 1.35 bits per heavy atom. The summed E-state index contributed by atoms with van der Waals surface area (Å²) in [5.74, 6) is -0.480. The zero-order valence-corrected chi connectivity index (χ0v) is 11.0. The molecule has 0 aliphatic heterocycles. The van der Waals surface area contributed by atoms with Gasteiger partial charge < -0.3 is 5.32 Å². The van der Waals surface area contributed by atoms with Gasteiger partial charge in [0.1, 0.15) is 0 Å². The van der Waals surface area contributed by atoms with Gasteiger partial charge in [0.25, 0.3) is 5.91 Å². The molecule has 0 aliphatic rings. The van der Waals surface area contributed by atoms with Gasteiger partial charge in [-0.15, -0.1) is 12.6 Å². The molecule has 2 N–H and O–H groups in total. The molecular formula is C10H14N2O3S2. The van der Waals surface area contributed by atoms with E-state index in [0.717, 1.165) is 0 Å². The zero-order valence-electron chi connectivity index (χ0n) is 9.30. The smallest absolute Gasteiger partial charge is 0.252 e. The molecule has 1 aromatic carbocycles. The summed E-state index contributed by atoms with van der Waals surface area (Å²) in [7, 11) is -1.96. The Labute approximate surface area is 106 Å². The predicted molar refractivity (Wildman–Crippen MR) is 68.9 cm³/mol. The van der Waals surface area contributed by atoms with E-state index in [9.17, 15) is 13.2 Å². The minimum atomic E-state index is -3.29. The van der Waals surface area contributed by atoms with Crippen LogP contribution in [-0.2, 0) is 10.0 Å². The van der Waals surface area contributed by atoms with E-state index in [0.29, 0.717) is 10.5 Å². The summed E-state index contributed by atoms with van der Waals surface area (Å²) in [5.41, 5.74) is 0.428. The Balaban J connectivity index is 2.55. The molecule has 1 aromatic rings.